The smallest absolute Gasteiger partial charge is 0.259 e. The fraction of sp³-hybridized carbons (Fsp3) is 0.357. The number of amides is 1. The van der Waals surface area contributed by atoms with Crippen molar-refractivity contribution in [3.8, 4) is 17.0 Å². The number of nitrogens with zero attached hydrogens (tertiary/aromatic N) is 3. The lowest BCUT2D eigenvalue weighted by atomic mass is 9.99. The van der Waals surface area contributed by atoms with Gasteiger partial charge in [0.05, 0.1) is 12.6 Å². The number of hydrogen-bond donors (Lipinski definition) is 1. The van der Waals surface area contributed by atoms with Crippen molar-refractivity contribution in [1.82, 2.24) is 14.8 Å². The molecule has 1 N–H and O–H groups in total. The third-order valence-corrected chi connectivity index (χ3v) is 6.47. The number of carbonyl (C=O) groups excluding carboxylic acids is 1. The molecule has 1 aromatic heterocycles. The summed E-state index contributed by atoms with van der Waals surface area (Å²) in [5.74, 6) is -0.350. The van der Waals surface area contributed by atoms with Crippen molar-refractivity contribution in [2.75, 3.05) is 26.7 Å². The first-order valence-corrected chi connectivity index (χ1v) is 11.9. The van der Waals surface area contributed by atoms with Crippen LogP contribution in [0.4, 0.5) is 4.39 Å². The number of aliphatic hydroxyl groups excluding tert-OH is 1. The van der Waals surface area contributed by atoms with Crippen LogP contribution in [0.5, 0.6) is 5.88 Å². The van der Waals surface area contributed by atoms with E-state index in [2.05, 4.69) is 28.9 Å². The van der Waals surface area contributed by atoms with Crippen molar-refractivity contribution in [2.45, 2.75) is 32.5 Å². The topological polar surface area (TPSA) is 65.9 Å². The molecule has 4 rings (SSSR count). The van der Waals surface area contributed by atoms with Gasteiger partial charge in [-0.15, -0.1) is 0 Å². The van der Waals surface area contributed by atoms with Gasteiger partial charge in [-0.3, -0.25) is 9.69 Å². The van der Waals surface area contributed by atoms with Crippen LogP contribution in [0.2, 0.25) is 0 Å². The summed E-state index contributed by atoms with van der Waals surface area (Å²) in [6, 6.07) is 17.8. The van der Waals surface area contributed by atoms with Gasteiger partial charge in [0.15, 0.2) is 0 Å². The highest BCUT2D eigenvalue weighted by molar-refractivity contribution is 5.98. The van der Waals surface area contributed by atoms with Crippen LogP contribution in [0.1, 0.15) is 29.8 Å². The number of ether oxygens (including phenoxy) is 1. The standard InChI is InChI=1S/C28H32FN3O3/c1-19-15-32(20(2)18-33)28(34)25-13-23(22-10-7-11-24(29)12-22)14-30-27(25)35-26(19)17-31(3)16-21-8-5-4-6-9-21/h4-14,19-20,26,33H,15-18H2,1-3H3/t19-,20+,26-/m1/s1. The van der Waals surface area contributed by atoms with Crippen molar-refractivity contribution in [3.05, 3.63) is 83.8 Å². The molecule has 0 fully saturated rings. The monoisotopic (exact) mass is 477 g/mol. The molecule has 3 aromatic rings. The summed E-state index contributed by atoms with van der Waals surface area (Å²) in [5, 5.41) is 9.85. The van der Waals surface area contributed by atoms with Gasteiger partial charge in [-0.05, 0) is 43.3 Å². The number of pyridine rings is 1. The first-order valence-electron chi connectivity index (χ1n) is 11.9. The number of carbonyl (C=O) groups is 1. The summed E-state index contributed by atoms with van der Waals surface area (Å²) in [7, 11) is 2.04. The molecule has 1 aliphatic heterocycles. The third-order valence-electron chi connectivity index (χ3n) is 6.47. The largest absolute Gasteiger partial charge is 0.472 e. The van der Waals surface area contributed by atoms with Gasteiger partial charge in [0.2, 0.25) is 5.88 Å². The summed E-state index contributed by atoms with van der Waals surface area (Å²) in [6.07, 6.45) is 1.38. The van der Waals surface area contributed by atoms with Crippen LogP contribution in [0.25, 0.3) is 11.1 Å². The highest BCUT2D eigenvalue weighted by Gasteiger charge is 2.34. The second-order valence-electron chi connectivity index (χ2n) is 9.39. The van der Waals surface area contributed by atoms with Crippen LogP contribution >= 0.6 is 0 Å². The van der Waals surface area contributed by atoms with E-state index >= 15 is 0 Å². The Bertz CT molecular complexity index is 1160. The number of rotatable bonds is 7. The number of hydrogen-bond acceptors (Lipinski definition) is 5. The van der Waals surface area contributed by atoms with Gasteiger partial charge in [-0.2, -0.15) is 0 Å². The van der Waals surface area contributed by atoms with E-state index in [0.717, 1.165) is 6.54 Å². The normalized spacial score (nSPS) is 19.0. The SMILES string of the molecule is C[C@@H]1CN([C@@H](C)CO)C(=O)c2cc(-c3cccc(F)c3)cnc2O[C@@H]1CN(C)Cc1ccccc1. The van der Waals surface area contributed by atoms with Gasteiger partial charge < -0.3 is 14.7 Å². The van der Waals surface area contributed by atoms with Gasteiger partial charge in [-0.25, -0.2) is 9.37 Å². The Kier molecular flexibility index (Phi) is 7.78. The number of halogens is 1. The van der Waals surface area contributed by atoms with E-state index in [1.807, 2.05) is 32.2 Å². The first-order chi connectivity index (χ1) is 16.9. The molecular formula is C28H32FN3O3. The predicted molar refractivity (Wildman–Crippen MR) is 134 cm³/mol. The lowest BCUT2D eigenvalue weighted by molar-refractivity contribution is 0.0325. The van der Waals surface area contributed by atoms with Crippen molar-refractivity contribution >= 4 is 5.91 Å². The first kappa shape index (κ1) is 24.8. The maximum absolute atomic E-state index is 13.8. The molecule has 3 atom stereocenters. The molecule has 0 radical (unpaired) electrons. The van der Waals surface area contributed by atoms with E-state index in [0.29, 0.717) is 29.8 Å². The summed E-state index contributed by atoms with van der Waals surface area (Å²) in [6.45, 7) is 5.57. The number of likely N-dealkylation sites (N-methyl/N-ethyl adjacent to an activating group) is 1. The molecule has 0 saturated carbocycles. The molecule has 0 spiro atoms. The van der Waals surface area contributed by atoms with E-state index in [-0.39, 0.29) is 42.3 Å². The quantitative estimate of drug-likeness (QED) is 0.552. The second-order valence-corrected chi connectivity index (χ2v) is 9.39. The minimum Gasteiger partial charge on any atom is -0.472 e. The third kappa shape index (κ3) is 5.86. The summed E-state index contributed by atoms with van der Waals surface area (Å²) in [4.78, 5) is 21.9. The molecule has 6 nitrogen and oxygen atoms in total. The van der Waals surface area contributed by atoms with E-state index in [9.17, 15) is 14.3 Å². The fourth-order valence-electron chi connectivity index (χ4n) is 4.41. The van der Waals surface area contributed by atoms with Crippen molar-refractivity contribution in [2.24, 2.45) is 5.92 Å². The molecule has 2 aromatic carbocycles. The minimum atomic E-state index is -0.364. The van der Waals surface area contributed by atoms with Crippen LogP contribution in [-0.2, 0) is 6.54 Å². The zero-order chi connectivity index (χ0) is 24.9. The number of aliphatic hydroxyl groups is 1. The molecule has 0 unspecified atom stereocenters. The highest BCUT2D eigenvalue weighted by atomic mass is 19.1. The second kappa shape index (κ2) is 11.0. The summed E-state index contributed by atoms with van der Waals surface area (Å²) in [5.41, 5.74) is 2.78. The van der Waals surface area contributed by atoms with Crippen molar-refractivity contribution < 1.29 is 19.0 Å². The Morgan fingerprint density at radius 3 is 2.66 bits per heavy atom. The Balaban J connectivity index is 1.66. The van der Waals surface area contributed by atoms with Gasteiger partial charge in [-0.1, -0.05) is 49.4 Å². The molecule has 7 heteroatoms. The molecule has 1 amide bonds. The molecule has 0 aliphatic carbocycles. The van der Waals surface area contributed by atoms with Crippen molar-refractivity contribution in [3.63, 3.8) is 0 Å². The zero-order valence-electron chi connectivity index (χ0n) is 20.4. The molecular weight excluding hydrogens is 445 g/mol. The van der Waals surface area contributed by atoms with E-state index < -0.39 is 0 Å². The fourth-order valence-corrected chi connectivity index (χ4v) is 4.41. The molecule has 1 aliphatic rings. The Labute approximate surface area is 206 Å². The highest BCUT2D eigenvalue weighted by Crippen LogP contribution is 2.30. The minimum absolute atomic E-state index is 0.00372. The van der Waals surface area contributed by atoms with E-state index in [1.54, 1.807) is 29.3 Å². The van der Waals surface area contributed by atoms with Gasteiger partial charge >= 0.3 is 0 Å². The van der Waals surface area contributed by atoms with Gasteiger partial charge in [0.25, 0.3) is 5.91 Å². The summed E-state index contributed by atoms with van der Waals surface area (Å²) < 4.78 is 20.2. The van der Waals surface area contributed by atoms with Gasteiger partial charge in [0.1, 0.15) is 17.5 Å². The number of benzene rings is 2. The maximum Gasteiger partial charge on any atom is 0.259 e. The molecule has 0 bridgehead atoms. The van der Waals surface area contributed by atoms with Crippen LogP contribution in [0, 0.1) is 11.7 Å². The molecule has 0 saturated heterocycles. The molecule has 35 heavy (non-hydrogen) atoms. The van der Waals surface area contributed by atoms with Crippen LogP contribution in [0.15, 0.2) is 66.9 Å². The molecule has 184 valence electrons. The predicted octanol–water partition coefficient (Wildman–Crippen LogP) is 4.24. The lowest BCUT2D eigenvalue weighted by Gasteiger charge is -2.37. The van der Waals surface area contributed by atoms with Gasteiger partial charge in [0, 0.05) is 37.3 Å². The average molecular weight is 478 g/mol. The molecule has 2 heterocycles. The van der Waals surface area contributed by atoms with Crippen LogP contribution in [-0.4, -0.2) is 64.7 Å². The summed E-state index contributed by atoms with van der Waals surface area (Å²) >= 11 is 0. The van der Waals surface area contributed by atoms with E-state index in [1.165, 1.54) is 17.7 Å². The van der Waals surface area contributed by atoms with Crippen LogP contribution in [0.3, 0.4) is 0 Å². The maximum atomic E-state index is 13.8. The zero-order valence-corrected chi connectivity index (χ0v) is 20.4. The average Bonchev–Trinajstić information content (AvgIpc) is 2.86. The Hall–Kier alpha value is -3.29. The van der Waals surface area contributed by atoms with Crippen LogP contribution < -0.4 is 4.74 Å². The number of aromatic nitrogens is 1. The Morgan fingerprint density at radius 2 is 1.94 bits per heavy atom. The van der Waals surface area contributed by atoms with E-state index in [4.69, 9.17) is 4.74 Å². The number of fused-ring (bicyclic) bond motifs is 1. The lowest BCUT2D eigenvalue weighted by Crippen LogP contribution is -2.49. The van der Waals surface area contributed by atoms with Crippen molar-refractivity contribution in [1.29, 1.82) is 0 Å². The Morgan fingerprint density at radius 1 is 1.17 bits per heavy atom.